The number of hydrogen-bond acceptors (Lipinski definition) is 4. The van der Waals surface area contributed by atoms with Crippen molar-refractivity contribution in [1.82, 2.24) is 0 Å². The van der Waals surface area contributed by atoms with Gasteiger partial charge in [0.25, 0.3) is 0 Å². The Morgan fingerprint density at radius 1 is 0.590 bits per heavy atom. The van der Waals surface area contributed by atoms with Gasteiger partial charge in [-0.15, -0.1) is 0 Å². The van der Waals surface area contributed by atoms with Crippen molar-refractivity contribution in [1.29, 1.82) is 0 Å². The first-order valence-corrected chi connectivity index (χ1v) is 13.1. The van der Waals surface area contributed by atoms with E-state index in [2.05, 4.69) is 58.9 Å². The number of carbonyl (C=O) groups is 2. The molecule has 0 bridgehead atoms. The number of hydrogen-bond donors (Lipinski definition) is 0. The average Bonchev–Trinajstić information content (AvgIpc) is 2.92. The summed E-state index contributed by atoms with van der Waals surface area (Å²) in [6.07, 6.45) is 0. The third-order valence-electron chi connectivity index (χ3n) is 7.79. The van der Waals surface area contributed by atoms with E-state index in [1.807, 2.05) is 38.1 Å². The Balaban J connectivity index is 1.54. The van der Waals surface area contributed by atoms with E-state index in [-0.39, 0.29) is 11.4 Å². The summed E-state index contributed by atoms with van der Waals surface area (Å²) < 4.78 is 10.7. The number of esters is 2. The topological polar surface area (TPSA) is 52.6 Å². The molecule has 0 fully saturated rings. The van der Waals surface area contributed by atoms with Crippen LogP contribution in [0.5, 0.6) is 5.75 Å². The van der Waals surface area contributed by atoms with Crippen molar-refractivity contribution < 1.29 is 19.1 Å². The molecule has 4 aromatic rings. The Hall–Kier alpha value is -4.18. The number of rotatable bonds is 6. The second-order valence-corrected chi connectivity index (χ2v) is 10.8. The highest BCUT2D eigenvalue weighted by Gasteiger charge is 2.26. The van der Waals surface area contributed by atoms with Crippen molar-refractivity contribution >= 4 is 11.9 Å². The molecule has 200 valence electrons. The molecule has 0 saturated heterocycles. The molecule has 0 unspecified atom stereocenters. The maximum Gasteiger partial charge on any atom is 0.343 e. The Morgan fingerprint density at radius 3 is 1.38 bits per heavy atom. The van der Waals surface area contributed by atoms with Gasteiger partial charge in [-0.3, -0.25) is 0 Å². The normalized spacial score (nSPS) is 11.3. The molecule has 0 atom stereocenters. The largest absolute Gasteiger partial charge is 0.465 e. The minimum absolute atomic E-state index is 0.202. The molecule has 4 rings (SSSR count). The van der Waals surface area contributed by atoms with Gasteiger partial charge in [0.2, 0.25) is 0 Å². The molecule has 4 heteroatoms. The van der Waals surface area contributed by atoms with E-state index in [9.17, 15) is 9.59 Å². The van der Waals surface area contributed by atoms with E-state index in [0.717, 1.165) is 22.3 Å². The molecule has 0 saturated carbocycles. The maximum atomic E-state index is 13.1. The van der Waals surface area contributed by atoms with Crippen LogP contribution >= 0.6 is 0 Å². The lowest BCUT2D eigenvalue weighted by molar-refractivity contribution is 0.0600. The highest BCUT2D eigenvalue weighted by atomic mass is 16.5. The van der Waals surface area contributed by atoms with Gasteiger partial charge in [-0.25, -0.2) is 9.59 Å². The molecule has 0 heterocycles. The van der Waals surface area contributed by atoms with Gasteiger partial charge >= 0.3 is 11.9 Å². The quantitative estimate of drug-likeness (QED) is 0.190. The van der Waals surface area contributed by atoms with Crippen LogP contribution in [-0.2, 0) is 10.2 Å². The molecule has 0 aliphatic rings. The lowest BCUT2D eigenvalue weighted by atomic mass is 9.75. The van der Waals surface area contributed by atoms with E-state index >= 15 is 0 Å². The third kappa shape index (κ3) is 5.65. The van der Waals surface area contributed by atoms with Crippen LogP contribution in [0.1, 0.15) is 73.5 Å². The summed E-state index contributed by atoms with van der Waals surface area (Å²) in [5.41, 5.74) is 10.8. The van der Waals surface area contributed by atoms with Crippen LogP contribution in [0.4, 0.5) is 0 Å². The minimum atomic E-state index is -0.398. The number of methoxy groups -OCH3 is 1. The van der Waals surface area contributed by atoms with Crippen LogP contribution in [0.3, 0.4) is 0 Å². The van der Waals surface area contributed by atoms with Crippen molar-refractivity contribution in [3.8, 4) is 16.9 Å². The standard InChI is InChI=1S/C35H36O4/c1-21-17-30(18-22(2)25(21)5)35(6,7)31-19-23(3)32(24(4)20-31)39-34(37)29-15-11-27(12-16-29)26-9-13-28(14-10-26)33(36)38-8/h9-20H,1-8H3. The Kier molecular flexibility index (Phi) is 7.78. The van der Waals surface area contributed by atoms with E-state index in [1.54, 1.807) is 24.3 Å². The fourth-order valence-corrected chi connectivity index (χ4v) is 4.90. The van der Waals surface area contributed by atoms with Gasteiger partial charge in [0.05, 0.1) is 18.2 Å². The van der Waals surface area contributed by atoms with Crippen LogP contribution < -0.4 is 4.74 Å². The van der Waals surface area contributed by atoms with Gasteiger partial charge in [-0.05, 0) is 109 Å². The summed E-state index contributed by atoms with van der Waals surface area (Å²) in [6.45, 7) is 14.9. The van der Waals surface area contributed by atoms with Crippen LogP contribution in [0.2, 0.25) is 0 Å². The fraction of sp³-hybridized carbons (Fsp3) is 0.257. The number of benzene rings is 4. The number of aryl methyl sites for hydroxylation is 4. The number of ether oxygens (including phenoxy) is 2. The second kappa shape index (κ2) is 10.9. The van der Waals surface area contributed by atoms with Crippen molar-refractivity contribution in [2.45, 2.75) is 53.9 Å². The predicted molar refractivity (Wildman–Crippen MR) is 157 cm³/mol. The van der Waals surface area contributed by atoms with Crippen molar-refractivity contribution in [2.24, 2.45) is 0 Å². The molecular formula is C35H36O4. The predicted octanol–water partition coefficient (Wildman–Crippen LogP) is 8.23. The van der Waals surface area contributed by atoms with E-state index < -0.39 is 5.97 Å². The molecular weight excluding hydrogens is 484 g/mol. The fourth-order valence-electron chi connectivity index (χ4n) is 4.90. The summed E-state index contributed by atoms with van der Waals surface area (Å²) in [5, 5.41) is 0. The number of carbonyl (C=O) groups excluding carboxylic acids is 2. The first-order chi connectivity index (χ1) is 18.4. The van der Waals surface area contributed by atoms with E-state index in [1.165, 1.54) is 34.9 Å². The molecule has 0 aliphatic carbocycles. The molecule has 0 N–H and O–H groups in total. The lowest BCUT2D eigenvalue weighted by Gasteiger charge is -2.29. The Morgan fingerprint density at radius 2 is 0.974 bits per heavy atom. The monoisotopic (exact) mass is 520 g/mol. The smallest absolute Gasteiger partial charge is 0.343 e. The van der Waals surface area contributed by atoms with Crippen molar-refractivity contribution in [3.05, 3.63) is 123 Å². The molecule has 0 spiro atoms. The Labute approximate surface area is 231 Å². The van der Waals surface area contributed by atoms with Gasteiger partial charge < -0.3 is 9.47 Å². The van der Waals surface area contributed by atoms with Gasteiger partial charge in [-0.1, -0.05) is 62.4 Å². The van der Waals surface area contributed by atoms with Crippen LogP contribution in [0, 0.1) is 34.6 Å². The molecule has 39 heavy (non-hydrogen) atoms. The van der Waals surface area contributed by atoms with Crippen LogP contribution in [0.25, 0.3) is 11.1 Å². The van der Waals surface area contributed by atoms with Gasteiger partial charge in [0, 0.05) is 5.41 Å². The molecule has 4 aromatic carbocycles. The van der Waals surface area contributed by atoms with Gasteiger partial charge in [-0.2, -0.15) is 0 Å². The zero-order valence-corrected chi connectivity index (χ0v) is 24.1. The molecule has 0 amide bonds. The highest BCUT2D eigenvalue weighted by molar-refractivity contribution is 5.92. The summed E-state index contributed by atoms with van der Waals surface area (Å²) in [4.78, 5) is 24.7. The maximum absolute atomic E-state index is 13.1. The van der Waals surface area contributed by atoms with Crippen molar-refractivity contribution in [3.63, 3.8) is 0 Å². The zero-order valence-electron chi connectivity index (χ0n) is 24.1. The molecule has 4 nitrogen and oxygen atoms in total. The Bertz CT molecular complexity index is 1500. The van der Waals surface area contributed by atoms with Gasteiger partial charge in [0.15, 0.2) is 0 Å². The summed E-state index contributed by atoms with van der Waals surface area (Å²) >= 11 is 0. The summed E-state index contributed by atoms with van der Waals surface area (Å²) in [7, 11) is 1.36. The highest BCUT2D eigenvalue weighted by Crippen LogP contribution is 2.37. The SMILES string of the molecule is COC(=O)c1ccc(-c2ccc(C(=O)Oc3c(C)cc(C(C)(C)c4cc(C)c(C)c(C)c4)cc3C)cc2)cc1. The lowest BCUT2D eigenvalue weighted by Crippen LogP contribution is -2.20. The average molecular weight is 521 g/mol. The summed E-state index contributed by atoms with van der Waals surface area (Å²) in [5.74, 6) is -0.175. The van der Waals surface area contributed by atoms with E-state index in [0.29, 0.717) is 16.9 Å². The zero-order chi connectivity index (χ0) is 28.5. The second-order valence-electron chi connectivity index (χ2n) is 10.8. The molecule has 0 aliphatic heterocycles. The minimum Gasteiger partial charge on any atom is -0.465 e. The van der Waals surface area contributed by atoms with Crippen LogP contribution in [0.15, 0.2) is 72.8 Å². The third-order valence-corrected chi connectivity index (χ3v) is 7.79. The molecule has 0 radical (unpaired) electrons. The first kappa shape index (κ1) is 27.8. The van der Waals surface area contributed by atoms with E-state index in [4.69, 9.17) is 9.47 Å². The molecule has 0 aromatic heterocycles. The van der Waals surface area contributed by atoms with Crippen molar-refractivity contribution in [2.75, 3.05) is 7.11 Å². The van der Waals surface area contributed by atoms with Gasteiger partial charge in [0.1, 0.15) is 5.75 Å². The van der Waals surface area contributed by atoms with Crippen LogP contribution in [-0.4, -0.2) is 19.0 Å². The first-order valence-electron chi connectivity index (χ1n) is 13.1. The summed E-state index contributed by atoms with van der Waals surface area (Å²) in [6, 6.07) is 23.2.